The van der Waals surface area contributed by atoms with Crippen LogP contribution in [0.3, 0.4) is 0 Å². The van der Waals surface area contributed by atoms with Gasteiger partial charge in [-0.25, -0.2) is 16.8 Å². The number of sulfonamides is 1. The van der Waals surface area contributed by atoms with Crippen LogP contribution in [0.5, 0.6) is 5.75 Å². The summed E-state index contributed by atoms with van der Waals surface area (Å²) in [4.78, 5) is 12.8. The standard InChI is InChI=1S/C22H28N2O6S2/c1-31(26,27)15-14-30-20-10-7-9-19(17-20)23-22(25)18-8-6-11-21(16-18)32(28,29)24-12-4-2-3-5-13-24/h6-11,16-17H,2-5,12-15H2,1H3,(H,23,25). The molecule has 0 spiro atoms. The quantitative estimate of drug-likeness (QED) is 0.622. The Morgan fingerprint density at radius 1 is 0.969 bits per heavy atom. The van der Waals surface area contributed by atoms with Crippen LogP contribution in [-0.2, 0) is 19.9 Å². The van der Waals surface area contributed by atoms with E-state index in [1.165, 1.54) is 16.4 Å². The molecule has 1 saturated heterocycles. The van der Waals surface area contributed by atoms with Gasteiger partial charge in [-0.1, -0.05) is 25.0 Å². The Hall–Kier alpha value is -2.43. The van der Waals surface area contributed by atoms with Crippen molar-refractivity contribution in [1.82, 2.24) is 4.31 Å². The van der Waals surface area contributed by atoms with Gasteiger partial charge in [0.05, 0.1) is 10.6 Å². The van der Waals surface area contributed by atoms with Gasteiger partial charge in [0.1, 0.15) is 12.4 Å². The maximum Gasteiger partial charge on any atom is 0.255 e. The van der Waals surface area contributed by atoms with E-state index in [1.807, 2.05) is 0 Å². The summed E-state index contributed by atoms with van der Waals surface area (Å²) >= 11 is 0. The summed E-state index contributed by atoms with van der Waals surface area (Å²) < 4.78 is 55.4. The number of carbonyl (C=O) groups excluding carboxylic acids is 1. The van der Waals surface area contributed by atoms with Crippen LogP contribution in [0.15, 0.2) is 53.4 Å². The minimum atomic E-state index is -3.66. The third kappa shape index (κ3) is 6.78. The molecule has 0 aliphatic carbocycles. The summed E-state index contributed by atoms with van der Waals surface area (Å²) in [5.41, 5.74) is 0.678. The Morgan fingerprint density at radius 3 is 2.34 bits per heavy atom. The molecule has 3 rings (SSSR count). The predicted octanol–water partition coefficient (Wildman–Crippen LogP) is 2.93. The summed E-state index contributed by atoms with van der Waals surface area (Å²) in [5.74, 6) is -0.142. The van der Waals surface area contributed by atoms with Crippen molar-refractivity contribution < 1.29 is 26.4 Å². The van der Waals surface area contributed by atoms with Gasteiger partial charge in [0.2, 0.25) is 10.0 Å². The smallest absolute Gasteiger partial charge is 0.255 e. The first-order valence-corrected chi connectivity index (χ1v) is 14.0. The fourth-order valence-electron chi connectivity index (χ4n) is 3.41. The summed E-state index contributed by atoms with van der Waals surface area (Å²) in [6, 6.07) is 12.6. The van der Waals surface area contributed by atoms with E-state index in [0.717, 1.165) is 31.9 Å². The number of rotatable bonds is 8. The van der Waals surface area contributed by atoms with E-state index >= 15 is 0 Å². The highest BCUT2D eigenvalue weighted by molar-refractivity contribution is 7.90. The molecule has 1 heterocycles. The van der Waals surface area contributed by atoms with Gasteiger partial charge in [0, 0.05) is 36.7 Å². The van der Waals surface area contributed by atoms with Crippen LogP contribution in [0.25, 0.3) is 0 Å². The van der Waals surface area contributed by atoms with Crippen LogP contribution < -0.4 is 10.1 Å². The maximum absolute atomic E-state index is 13.0. The number of nitrogens with one attached hydrogen (secondary N) is 1. The molecule has 0 unspecified atom stereocenters. The molecule has 2 aromatic rings. The largest absolute Gasteiger partial charge is 0.492 e. The van der Waals surface area contributed by atoms with Gasteiger partial charge in [0.25, 0.3) is 5.91 Å². The van der Waals surface area contributed by atoms with E-state index in [2.05, 4.69) is 5.32 Å². The molecule has 10 heteroatoms. The normalized spacial score (nSPS) is 15.7. The van der Waals surface area contributed by atoms with Crippen LogP contribution in [0.1, 0.15) is 36.0 Å². The molecule has 0 bridgehead atoms. The molecule has 1 N–H and O–H groups in total. The summed E-state index contributed by atoms with van der Waals surface area (Å²) in [6.07, 6.45) is 4.84. The molecular formula is C22H28N2O6S2. The Morgan fingerprint density at radius 2 is 1.66 bits per heavy atom. The Bertz CT molecular complexity index is 1150. The number of carbonyl (C=O) groups is 1. The number of benzene rings is 2. The number of hydrogen-bond acceptors (Lipinski definition) is 6. The van der Waals surface area contributed by atoms with E-state index in [-0.39, 0.29) is 22.8 Å². The molecule has 1 fully saturated rings. The van der Waals surface area contributed by atoms with Crippen molar-refractivity contribution in [3.8, 4) is 5.75 Å². The SMILES string of the molecule is CS(=O)(=O)CCOc1cccc(NC(=O)c2cccc(S(=O)(=O)N3CCCCCC3)c2)c1. The first kappa shape index (κ1) is 24.2. The average molecular weight is 481 g/mol. The van der Waals surface area contributed by atoms with E-state index in [9.17, 15) is 21.6 Å². The fraction of sp³-hybridized carbons (Fsp3) is 0.409. The minimum absolute atomic E-state index is 0.00659. The summed E-state index contributed by atoms with van der Waals surface area (Å²) in [6.45, 7) is 0.988. The Kier molecular flexibility index (Phi) is 7.91. The molecule has 8 nitrogen and oxygen atoms in total. The number of amides is 1. The lowest BCUT2D eigenvalue weighted by Crippen LogP contribution is -2.32. The molecule has 0 radical (unpaired) electrons. The number of ether oxygens (including phenoxy) is 1. The first-order chi connectivity index (χ1) is 15.1. The van der Waals surface area contributed by atoms with Crippen LogP contribution in [0, 0.1) is 0 Å². The lowest BCUT2D eigenvalue weighted by molar-refractivity contribution is 0.102. The van der Waals surface area contributed by atoms with Crippen molar-refractivity contribution in [1.29, 1.82) is 0 Å². The monoisotopic (exact) mass is 480 g/mol. The zero-order chi connectivity index (χ0) is 23.2. The molecule has 174 valence electrons. The maximum atomic E-state index is 13.0. The third-order valence-electron chi connectivity index (χ3n) is 5.11. The van der Waals surface area contributed by atoms with E-state index in [1.54, 1.807) is 36.4 Å². The number of sulfone groups is 1. The van der Waals surface area contributed by atoms with Gasteiger partial charge < -0.3 is 10.1 Å². The van der Waals surface area contributed by atoms with Crippen molar-refractivity contribution in [2.75, 3.05) is 37.0 Å². The van der Waals surface area contributed by atoms with Gasteiger partial charge in [-0.3, -0.25) is 4.79 Å². The second-order valence-corrected chi connectivity index (χ2v) is 12.0. The average Bonchev–Trinajstić information content (AvgIpc) is 3.03. The van der Waals surface area contributed by atoms with E-state index in [0.29, 0.717) is 24.5 Å². The Balaban J connectivity index is 1.70. The van der Waals surface area contributed by atoms with Gasteiger partial charge in [-0.05, 0) is 43.2 Å². The number of nitrogens with zero attached hydrogens (tertiary/aromatic N) is 1. The summed E-state index contributed by atoms with van der Waals surface area (Å²) in [7, 11) is -6.79. The minimum Gasteiger partial charge on any atom is -0.492 e. The molecule has 0 aromatic heterocycles. The van der Waals surface area contributed by atoms with Gasteiger partial charge >= 0.3 is 0 Å². The third-order valence-corrected chi connectivity index (χ3v) is 7.92. The zero-order valence-corrected chi connectivity index (χ0v) is 19.6. The summed E-state index contributed by atoms with van der Waals surface area (Å²) in [5, 5.41) is 2.73. The highest BCUT2D eigenvalue weighted by Crippen LogP contribution is 2.22. The second kappa shape index (κ2) is 10.5. The van der Waals surface area contributed by atoms with Crippen molar-refractivity contribution in [2.45, 2.75) is 30.6 Å². The zero-order valence-electron chi connectivity index (χ0n) is 18.0. The molecule has 1 aliphatic heterocycles. The molecule has 2 aromatic carbocycles. The Labute approximate surface area is 189 Å². The topological polar surface area (TPSA) is 110 Å². The van der Waals surface area contributed by atoms with Crippen LogP contribution in [-0.4, -0.2) is 58.8 Å². The number of hydrogen-bond donors (Lipinski definition) is 1. The van der Waals surface area contributed by atoms with E-state index < -0.39 is 25.8 Å². The van der Waals surface area contributed by atoms with Crippen LogP contribution >= 0.6 is 0 Å². The van der Waals surface area contributed by atoms with Crippen molar-refractivity contribution in [3.05, 3.63) is 54.1 Å². The van der Waals surface area contributed by atoms with Gasteiger partial charge in [-0.15, -0.1) is 0 Å². The lowest BCUT2D eigenvalue weighted by atomic mass is 10.2. The first-order valence-electron chi connectivity index (χ1n) is 10.5. The van der Waals surface area contributed by atoms with E-state index in [4.69, 9.17) is 4.74 Å². The lowest BCUT2D eigenvalue weighted by Gasteiger charge is -2.20. The fourth-order valence-corrected chi connectivity index (χ4v) is 5.36. The number of anilines is 1. The molecular weight excluding hydrogens is 452 g/mol. The molecule has 0 atom stereocenters. The van der Waals surface area contributed by atoms with Gasteiger partial charge in [0.15, 0.2) is 9.84 Å². The second-order valence-electron chi connectivity index (χ2n) is 7.81. The van der Waals surface area contributed by atoms with Crippen molar-refractivity contribution in [2.24, 2.45) is 0 Å². The highest BCUT2D eigenvalue weighted by atomic mass is 32.2. The molecule has 1 aliphatic rings. The molecule has 0 saturated carbocycles. The van der Waals surface area contributed by atoms with Crippen molar-refractivity contribution >= 4 is 31.5 Å². The van der Waals surface area contributed by atoms with Crippen LogP contribution in [0.2, 0.25) is 0 Å². The van der Waals surface area contributed by atoms with Crippen LogP contribution in [0.4, 0.5) is 5.69 Å². The van der Waals surface area contributed by atoms with Gasteiger partial charge in [-0.2, -0.15) is 4.31 Å². The predicted molar refractivity (Wildman–Crippen MR) is 123 cm³/mol. The molecule has 1 amide bonds. The van der Waals surface area contributed by atoms with Crippen molar-refractivity contribution in [3.63, 3.8) is 0 Å². The molecule has 32 heavy (non-hydrogen) atoms. The highest BCUT2D eigenvalue weighted by Gasteiger charge is 2.25.